The van der Waals surface area contributed by atoms with Crippen molar-refractivity contribution in [3.05, 3.63) is 24.3 Å². The second-order valence-corrected chi connectivity index (χ2v) is 7.77. The Kier molecular flexibility index (Phi) is 10.3. The molecule has 164 valence electrons. The first-order valence-electron chi connectivity index (χ1n) is 10.9. The molecule has 1 aromatic rings. The molecule has 2 aliphatic rings. The van der Waals surface area contributed by atoms with E-state index in [-0.39, 0.29) is 24.0 Å². The van der Waals surface area contributed by atoms with Crippen LogP contribution >= 0.6 is 24.0 Å². The van der Waals surface area contributed by atoms with Gasteiger partial charge in [0.2, 0.25) is 0 Å². The van der Waals surface area contributed by atoms with Crippen molar-refractivity contribution in [3.63, 3.8) is 0 Å². The number of benzene rings is 1. The lowest BCUT2D eigenvalue weighted by molar-refractivity contribution is 0.186. The molecule has 2 aliphatic heterocycles. The van der Waals surface area contributed by atoms with E-state index in [1.807, 2.05) is 12.1 Å². The number of piperidine rings is 1. The second-order valence-electron chi connectivity index (χ2n) is 7.77. The zero-order chi connectivity index (χ0) is 19.8. The number of nitrogens with one attached hydrogen (secondary N) is 1. The van der Waals surface area contributed by atoms with E-state index in [0.29, 0.717) is 5.92 Å². The summed E-state index contributed by atoms with van der Waals surface area (Å²) in [5, 5.41) is 3.51. The molecule has 0 saturated carbocycles. The molecule has 0 spiro atoms. The van der Waals surface area contributed by atoms with E-state index in [4.69, 9.17) is 9.73 Å². The predicted octanol–water partition coefficient (Wildman–Crippen LogP) is 3.13. The van der Waals surface area contributed by atoms with Gasteiger partial charge in [0.15, 0.2) is 5.96 Å². The van der Waals surface area contributed by atoms with Crippen LogP contribution in [0.1, 0.15) is 26.7 Å². The lowest BCUT2D eigenvalue weighted by Gasteiger charge is -2.38. The molecule has 2 heterocycles. The third-order valence-corrected chi connectivity index (χ3v) is 5.90. The van der Waals surface area contributed by atoms with Gasteiger partial charge in [-0.05, 0) is 63.0 Å². The van der Waals surface area contributed by atoms with Crippen LogP contribution in [0.15, 0.2) is 29.3 Å². The van der Waals surface area contributed by atoms with Gasteiger partial charge >= 0.3 is 0 Å². The number of anilines is 1. The minimum Gasteiger partial charge on any atom is -0.497 e. The van der Waals surface area contributed by atoms with Crippen LogP contribution in [0.3, 0.4) is 0 Å². The van der Waals surface area contributed by atoms with E-state index in [1.54, 1.807) is 7.11 Å². The van der Waals surface area contributed by atoms with Crippen LogP contribution in [-0.2, 0) is 0 Å². The van der Waals surface area contributed by atoms with E-state index in [0.717, 1.165) is 57.5 Å². The fraction of sp³-hybridized carbons (Fsp3) is 0.682. The monoisotopic (exact) mass is 515 g/mol. The molecule has 7 heteroatoms. The molecular formula is C22H38IN5O. The minimum atomic E-state index is 0. The van der Waals surface area contributed by atoms with E-state index < -0.39 is 0 Å². The number of rotatable bonds is 6. The van der Waals surface area contributed by atoms with Crippen molar-refractivity contribution in [3.8, 4) is 5.75 Å². The number of halogens is 1. The summed E-state index contributed by atoms with van der Waals surface area (Å²) in [5.74, 6) is 2.70. The molecule has 2 saturated heterocycles. The van der Waals surface area contributed by atoms with E-state index in [1.165, 1.54) is 31.6 Å². The Morgan fingerprint density at radius 1 is 1.10 bits per heavy atom. The Balaban J connectivity index is 0.00000300. The van der Waals surface area contributed by atoms with Crippen molar-refractivity contribution in [2.45, 2.75) is 26.7 Å². The number of piperazine rings is 1. The summed E-state index contributed by atoms with van der Waals surface area (Å²) in [5.41, 5.74) is 1.27. The molecule has 0 radical (unpaired) electrons. The summed E-state index contributed by atoms with van der Waals surface area (Å²) >= 11 is 0. The third-order valence-electron chi connectivity index (χ3n) is 5.90. The highest BCUT2D eigenvalue weighted by Gasteiger charge is 2.22. The minimum absolute atomic E-state index is 0. The van der Waals surface area contributed by atoms with Crippen molar-refractivity contribution >= 4 is 35.6 Å². The summed E-state index contributed by atoms with van der Waals surface area (Å²) in [6, 6.07) is 8.38. The first-order chi connectivity index (χ1) is 13.7. The molecule has 1 aromatic carbocycles. The average molecular weight is 515 g/mol. The number of ether oxygens (including phenoxy) is 1. The van der Waals surface area contributed by atoms with Gasteiger partial charge in [0, 0.05) is 51.5 Å². The van der Waals surface area contributed by atoms with Crippen LogP contribution in [-0.4, -0.2) is 81.8 Å². The fourth-order valence-corrected chi connectivity index (χ4v) is 4.20. The molecule has 1 unspecified atom stereocenters. The SMILES string of the molecule is CCNC(=NCC1CCCN(CC)C1)N1CCN(c2ccc(OC)cc2)CC1.I. The van der Waals surface area contributed by atoms with E-state index in [2.05, 4.69) is 46.0 Å². The Labute approximate surface area is 193 Å². The third kappa shape index (κ3) is 6.91. The molecule has 1 atom stereocenters. The summed E-state index contributed by atoms with van der Waals surface area (Å²) in [6.45, 7) is 13.9. The van der Waals surface area contributed by atoms with Crippen LogP contribution in [0.5, 0.6) is 5.75 Å². The Hall–Kier alpha value is -1.22. The van der Waals surface area contributed by atoms with Crippen molar-refractivity contribution in [2.75, 3.05) is 70.9 Å². The molecule has 0 bridgehead atoms. The maximum Gasteiger partial charge on any atom is 0.194 e. The van der Waals surface area contributed by atoms with Gasteiger partial charge < -0.3 is 24.8 Å². The van der Waals surface area contributed by atoms with Crippen molar-refractivity contribution in [2.24, 2.45) is 10.9 Å². The predicted molar refractivity (Wildman–Crippen MR) is 133 cm³/mol. The first-order valence-corrected chi connectivity index (χ1v) is 10.9. The normalized spacial score (nSPS) is 20.9. The van der Waals surface area contributed by atoms with E-state index in [9.17, 15) is 0 Å². The lowest BCUT2D eigenvalue weighted by Crippen LogP contribution is -2.52. The van der Waals surface area contributed by atoms with Gasteiger partial charge in [-0.3, -0.25) is 4.99 Å². The number of guanidine groups is 1. The zero-order valence-corrected chi connectivity index (χ0v) is 20.6. The number of hydrogen-bond donors (Lipinski definition) is 1. The van der Waals surface area contributed by atoms with Gasteiger partial charge in [-0.2, -0.15) is 0 Å². The number of nitrogens with zero attached hydrogens (tertiary/aromatic N) is 4. The van der Waals surface area contributed by atoms with Crippen molar-refractivity contribution in [1.29, 1.82) is 0 Å². The summed E-state index contributed by atoms with van der Waals surface area (Å²) in [7, 11) is 1.71. The largest absolute Gasteiger partial charge is 0.497 e. The molecule has 0 amide bonds. The molecular weight excluding hydrogens is 477 g/mol. The molecule has 1 N–H and O–H groups in total. The van der Waals surface area contributed by atoms with Crippen molar-refractivity contribution < 1.29 is 4.74 Å². The number of aliphatic imine (C=N–C) groups is 1. The van der Waals surface area contributed by atoms with Gasteiger partial charge in [-0.15, -0.1) is 24.0 Å². The Bertz CT molecular complexity index is 616. The summed E-state index contributed by atoms with van der Waals surface area (Å²) in [6.07, 6.45) is 2.62. The Morgan fingerprint density at radius 2 is 1.83 bits per heavy atom. The maximum absolute atomic E-state index is 5.27. The Morgan fingerprint density at radius 3 is 2.45 bits per heavy atom. The van der Waals surface area contributed by atoms with Crippen LogP contribution < -0.4 is 15.0 Å². The molecule has 0 aliphatic carbocycles. The van der Waals surface area contributed by atoms with Crippen LogP contribution in [0.2, 0.25) is 0 Å². The molecule has 3 rings (SSSR count). The van der Waals surface area contributed by atoms with Gasteiger partial charge in [-0.1, -0.05) is 6.92 Å². The van der Waals surface area contributed by atoms with Crippen LogP contribution in [0, 0.1) is 5.92 Å². The topological polar surface area (TPSA) is 43.3 Å². The summed E-state index contributed by atoms with van der Waals surface area (Å²) in [4.78, 5) is 12.4. The number of hydrogen-bond acceptors (Lipinski definition) is 4. The van der Waals surface area contributed by atoms with Gasteiger partial charge in [0.1, 0.15) is 5.75 Å². The zero-order valence-electron chi connectivity index (χ0n) is 18.3. The quantitative estimate of drug-likeness (QED) is 0.359. The smallest absolute Gasteiger partial charge is 0.194 e. The molecule has 29 heavy (non-hydrogen) atoms. The number of likely N-dealkylation sites (tertiary alicyclic amines) is 1. The van der Waals surface area contributed by atoms with Gasteiger partial charge in [0.25, 0.3) is 0 Å². The van der Waals surface area contributed by atoms with Crippen LogP contribution in [0.4, 0.5) is 5.69 Å². The van der Waals surface area contributed by atoms with Crippen molar-refractivity contribution in [1.82, 2.24) is 15.1 Å². The average Bonchev–Trinajstić information content (AvgIpc) is 2.77. The standard InChI is InChI=1S/C22H37N5O.HI/c1-4-23-22(24-17-19-7-6-12-25(5-2)18-19)27-15-13-26(14-16-27)20-8-10-21(28-3)11-9-20;/h8-11,19H,4-7,12-18H2,1-3H3,(H,23,24);1H. The highest BCUT2D eigenvalue weighted by molar-refractivity contribution is 14.0. The molecule has 0 aromatic heterocycles. The fourth-order valence-electron chi connectivity index (χ4n) is 4.20. The van der Waals surface area contributed by atoms with Crippen LogP contribution in [0.25, 0.3) is 0 Å². The highest BCUT2D eigenvalue weighted by Crippen LogP contribution is 2.21. The molecule has 6 nitrogen and oxygen atoms in total. The first kappa shape index (κ1) is 24.1. The second kappa shape index (κ2) is 12.5. The lowest BCUT2D eigenvalue weighted by atomic mass is 9.98. The maximum atomic E-state index is 5.27. The van der Waals surface area contributed by atoms with E-state index >= 15 is 0 Å². The molecule has 2 fully saturated rings. The summed E-state index contributed by atoms with van der Waals surface area (Å²) < 4.78 is 5.27. The van der Waals surface area contributed by atoms with Gasteiger partial charge in [-0.25, -0.2) is 0 Å². The number of methoxy groups -OCH3 is 1. The highest BCUT2D eigenvalue weighted by atomic mass is 127. The van der Waals surface area contributed by atoms with Gasteiger partial charge in [0.05, 0.1) is 7.11 Å².